The minimum absolute atomic E-state index is 0.109. The van der Waals surface area contributed by atoms with Crippen molar-refractivity contribution in [1.29, 1.82) is 0 Å². The van der Waals surface area contributed by atoms with Crippen LogP contribution >= 0.6 is 11.6 Å². The fraction of sp³-hybridized carbons (Fsp3) is 0.400. The Kier molecular flexibility index (Phi) is 4.81. The van der Waals surface area contributed by atoms with Crippen molar-refractivity contribution in [1.82, 2.24) is 19.9 Å². The van der Waals surface area contributed by atoms with Crippen molar-refractivity contribution in [3.05, 3.63) is 40.9 Å². The monoisotopic (exact) mass is 412 g/mol. The van der Waals surface area contributed by atoms with Gasteiger partial charge in [0.15, 0.2) is 0 Å². The molecule has 3 N–H and O–H groups in total. The van der Waals surface area contributed by atoms with Crippen molar-refractivity contribution in [3.63, 3.8) is 0 Å². The zero-order valence-corrected chi connectivity index (χ0v) is 16.5. The summed E-state index contributed by atoms with van der Waals surface area (Å²) in [7, 11) is 0. The Bertz CT molecular complexity index is 1050. The van der Waals surface area contributed by atoms with Crippen LogP contribution in [0.25, 0.3) is 11.0 Å². The molecule has 3 aromatic rings. The van der Waals surface area contributed by atoms with E-state index < -0.39 is 0 Å². The lowest BCUT2D eigenvalue weighted by Gasteiger charge is -2.29. The Morgan fingerprint density at radius 1 is 1.07 bits per heavy atom. The summed E-state index contributed by atoms with van der Waals surface area (Å²) in [6.45, 7) is 0.976. The number of halogens is 1. The molecule has 8 nitrogen and oxygen atoms in total. The molecule has 1 aliphatic heterocycles. The number of aromatic nitrogens is 4. The summed E-state index contributed by atoms with van der Waals surface area (Å²) in [5, 5.41) is 3.89. The highest BCUT2D eigenvalue weighted by molar-refractivity contribution is 6.30. The van der Waals surface area contributed by atoms with Gasteiger partial charge in [0, 0.05) is 35.8 Å². The molecule has 0 atom stereocenters. The minimum atomic E-state index is 0.109. The number of ether oxygens (including phenoxy) is 2. The molecule has 5 rings (SSSR count). The number of nitrogen functional groups attached to an aromatic ring is 1. The number of nitrogens with one attached hydrogen (secondary N) is 1. The summed E-state index contributed by atoms with van der Waals surface area (Å²) in [6, 6.07) is 3.91. The number of benzene rings is 1. The van der Waals surface area contributed by atoms with Crippen molar-refractivity contribution in [2.24, 2.45) is 0 Å². The molecular weight excluding hydrogens is 392 g/mol. The quantitative estimate of drug-likeness (QED) is 0.495. The molecule has 1 aromatic carbocycles. The van der Waals surface area contributed by atoms with Crippen molar-refractivity contribution < 1.29 is 9.47 Å². The summed E-state index contributed by atoms with van der Waals surface area (Å²) in [6.07, 6.45) is 7.15. The third kappa shape index (κ3) is 3.77. The molecule has 1 saturated carbocycles. The van der Waals surface area contributed by atoms with Gasteiger partial charge in [-0.2, -0.15) is 0 Å². The molecule has 0 amide bonds. The Morgan fingerprint density at radius 3 is 2.76 bits per heavy atom. The smallest absolute Gasteiger partial charge is 0.224 e. The topological polar surface area (TPSA) is 108 Å². The largest absolute Gasteiger partial charge is 0.488 e. The van der Waals surface area contributed by atoms with Gasteiger partial charge in [-0.25, -0.2) is 15.0 Å². The van der Waals surface area contributed by atoms with Crippen LogP contribution in [-0.4, -0.2) is 32.1 Å². The van der Waals surface area contributed by atoms with E-state index in [1.807, 2.05) is 12.1 Å². The Balaban J connectivity index is 1.23. The highest BCUT2D eigenvalue weighted by Gasteiger charge is 2.25. The second-order valence-electron chi connectivity index (χ2n) is 7.44. The van der Waals surface area contributed by atoms with Gasteiger partial charge in [-0.1, -0.05) is 11.6 Å². The zero-order chi connectivity index (χ0) is 19.8. The summed E-state index contributed by atoms with van der Waals surface area (Å²) in [5.74, 6) is 1.26. The molecule has 3 heterocycles. The first-order valence-electron chi connectivity index (χ1n) is 9.72. The van der Waals surface area contributed by atoms with Gasteiger partial charge < -0.3 is 20.5 Å². The van der Waals surface area contributed by atoms with Crippen LogP contribution in [-0.2, 0) is 18.0 Å². The molecule has 2 aromatic heterocycles. The molecule has 0 bridgehead atoms. The SMILES string of the molecule is Nc1cc(OC2CCC(Nc3nc(Cl)c4c(n3)COC4)CC2)c2nccnc2c1. The van der Waals surface area contributed by atoms with Crippen molar-refractivity contribution in [2.75, 3.05) is 11.1 Å². The third-order valence-electron chi connectivity index (χ3n) is 5.39. The first kappa shape index (κ1) is 18.3. The van der Waals surface area contributed by atoms with Crippen LogP contribution < -0.4 is 15.8 Å². The maximum absolute atomic E-state index is 6.25. The standard InChI is InChI=1S/C20H21ClN6O2/c21-19-14-9-28-10-16(14)26-20(27-19)25-12-1-3-13(4-2-12)29-17-8-11(22)7-15-18(17)24-6-5-23-15/h5-8,12-13H,1-4,9-10,22H2,(H,25,26,27). The maximum atomic E-state index is 6.25. The van der Waals surface area contributed by atoms with Gasteiger partial charge in [0.05, 0.1) is 30.5 Å². The van der Waals surface area contributed by atoms with E-state index >= 15 is 0 Å². The number of fused-ring (bicyclic) bond motifs is 2. The predicted octanol–water partition coefficient (Wildman–Crippen LogP) is 3.49. The van der Waals surface area contributed by atoms with Gasteiger partial charge in [0.25, 0.3) is 0 Å². The molecular formula is C20H21ClN6O2. The highest BCUT2D eigenvalue weighted by atomic mass is 35.5. The van der Waals surface area contributed by atoms with E-state index in [0.717, 1.165) is 48.0 Å². The van der Waals surface area contributed by atoms with Crippen LogP contribution in [0.4, 0.5) is 11.6 Å². The Labute approximate surface area is 172 Å². The summed E-state index contributed by atoms with van der Waals surface area (Å²) < 4.78 is 11.6. The van der Waals surface area contributed by atoms with Crippen molar-refractivity contribution in [2.45, 2.75) is 51.0 Å². The molecule has 0 unspecified atom stereocenters. The molecule has 0 radical (unpaired) electrons. The van der Waals surface area contributed by atoms with Gasteiger partial charge in [0.1, 0.15) is 16.4 Å². The van der Waals surface area contributed by atoms with Gasteiger partial charge in [-0.05, 0) is 31.7 Å². The van der Waals surface area contributed by atoms with Gasteiger partial charge in [0.2, 0.25) is 5.95 Å². The molecule has 9 heteroatoms. The molecule has 0 saturated heterocycles. The summed E-state index contributed by atoms with van der Waals surface area (Å²) in [4.78, 5) is 17.6. The van der Waals surface area contributed by atoms with Gasteiger partial charge in [-0.3, -0.25) is 4.98 Å². The van der Waals surface area contributed by atoms with Gasteiger partial charge >= 0.3 is 0 Å². The summed E-state index contributed by atoms with van der Waals surface area (Å²) in [5.41, 5.74) is 9.87. The van der Waals surface area contributed by atoms with E-state index in [2.05, 4.69) is 25.3 Å². The highest BCUT2D eigenvalue weighted by Crippen LogP contribution is 2.31. The number of hydrogen-bond acceptors (Lipinski definition) is 8. The average Bonchev–Trinajstić information content (AvgIpc) is 3.19. The molecule has 1 aliphatic carbocycles. The third-order valence-corrected chi connectivity index (χ3v) is 5.70. The number of nitrogens with two attached hydrogens (primary N) is 1. The van der Waals surface area contributed by atoms with Crippen LogP contribution in [0.1, 0.15) is 36.9 Å². The fourth-order valence-electron chi connectivity index (χ4n) is 3.92. The van der Waals surface area contributed by atoms with E-state index in [4.69, 9.17) is 26.8 Å². The van der Waals surface area contributed by atoms with Crippen LogP contribution in [0.15, 0.2) is 24.5 Å². The van der Waals surface area contributed by atoms with E-state index in [9.17, 15) is 0 Å². The second kappa shape index (κ2) is 7.61. The maximum Gasteiger partial charge on any atom is 0.224 e. The van der Waals surface area contributed by atoms with E-state index in [0.29, 0.717) is 35.8 Å². The first-order valence-corrected chi connectivity index (χ1v) is 10.1. The van der Waals surface area contributed by atoms with Crippen LogP contribution in [0.3, 0.4) is 0 Å². The van der Waals surface area contributed by atoms with Crippen molar-refractivity contribution >= 4 is 34.3 Å². The molecule has 150 valence electrons. The molecule has 0 spiro atoms. The number of nitrogens with zero attached hydrogens (tertiary/aromatic N) is 4. The van der Waals surface area contributed by atoms with Gasteiger partial charge in [-0.15, -0.1) is 0 Å². The Hall–Kier alpha value is -2.71. The molecule has 1 fully saturated rings. The van der Waals surface area contributed by atoms with E-state index in [1.54, 1.807) is 12.4 Å². The van der Waals surface area contributed by atoms with Crippen LogP contribution in [0.5, 0.6) is 5.75 Å². The van der Waals surface area contributed by atoms with Crippen LogP contribution in [0.2, 0.25) is 5.15 Å². The fourth-order valence-corrected chi connectivity index (χ4v) is 4.16. The number of anilines is 2. The molecule has 29 heavy (non-hydrogen) atoms. The lowest BCUT2D eigenvalue weighted by atomic mass is 9.93. The number of rotatable bonds is 4. The second-order valence-corrected chi connectivity index (χ2v) is 7.79. The van der Waals surface area contributed by atoms with E-state index in [1.165, 1.54) is 0 Å². The van der Waals surface area contributed by atoms with Crippen LogP contribution in [0, 0.1) is 0 Å². The predicted molar refractivity (Wildman–Crippen MR) is 110 cm³/mol. The minimum Gasteiger partial charge on any atom is -0.488 e. The zero-order valence-electron chi connectivity index (χ0n) is 15.8. The molecule has 2 aliphatic rings. The average molecular weight is 413 g/mol. The number of hydrogen-bond donors (Lipinski definition) is 2. The van der Waals surface area contributed by atoms with E-state index in [-0.39, 0.29) is 12.1 Å². The lowest BCUT2D eigenvalue weighted by Crippen LogP contribution is -2.32. The lowest BCUT2D eigenvalue weighted by molar-refractivity contribution is 0.133. The summed E-state index contributed by atoms with van der Waals surface area (Å²) >= 11 is 6.25. The first-order chi connectivity index (χ1) is 14.2. The normalized spacial score (nSPS) is 21.1. The Morgan fingerprint density at radius 2 is 1.90 bits per heavy atom. The van der Waals surface area contributed by atoms with Crippen molar-refractivity contribution in [3.8, 4) is 5.75 Å².